The minimum atomic E-state index is -5.42. The van der Waals surface area contributed by atoms with Crippen molar-refractivity contribution in [3.63, 3.8) is 0 Å². The number of halogens is 7. The van der Waals surface area contributed by atoms with Gasteiger partial charge in [-0.25, -0.2) is 24.1 Å². The quantitative estimate of drug-likeness (QED) is 0.313. The minimum absolute atomic E-state index is 0.00237. The number of primary amides is 1. The Bertz CT molecular complexity index is 1470. The number of nitrogens with two attached hydrogens (primary N) is 2. The van der Waals surface area contributed by atoms with Gasteiger partial charge in [0.15, 0.2) is 11.6 Å². The van der Waals surface area contributed by atoms with E-state index in [9.17, 15) is 40.3 Å². The van der Waals surface area contributed by atoms with E-state index in [0.29, 0.717) is 17.2 Å². The van der Waals surface area contributed by atoms with Gasteiger partial charge in [-0.3, -0.25) is 9.69 Å². The van der Waals surface area contributed by atoms with Crippen LogP contribution in [0.5, 0.6) is 5.75 Å². The Kier molecular flexibility index (Phi) is 8.41. The molecule has 0 aliphatic rings. The molecule has 0 aliphatic heterocycles. The first-order valence-electron chi connectivity index (χ1n) is 10.7. The van der Waals surface area contributed by atoms with Crippen LogP contribution in [-0.4, -0.2) is 35.2 Å². The Labute approximate surface area is 220 Å². The molecule has 0 fully saturated rings. The summed E-state index contributed by atoms with van der Waals surface area (Å²) in [5, 5.41) is 0. The number of aromatic nitrogens is 2. The molecule has 0 radical (unpaired) electrons. The van der Waals surface area contributed by atoms with Crippen LogP contribution in [0.25, 0.3) is 5.57 Å². The highest BCUT2D eigenvalue weighted by molar-refractivity contribution is 6.12. The topological polar surface area (TPSA) is 137 Å². The fourth-order valence-electron chi connectivity index (χ4n) is 3.11. The SMILES string of the molecule is CN(C(=O)Oc1c(C(C=Nc2cnc(C(N)=O)cn2)=CN)cc(C(F)(F)F)cc1C(F)(F)F)c1ccc(F)cc1. The van der Waals surface area contributed by atoms with Crippen LogP contribution in [0.2, 0.25) is 0 Å². The van der Waals surface area contributed by atoms with Crippen molar-refractivity contribution in [2.75, 3.05) is 11.9 Å². The van der Waals surface area contributed by atoms with Crippen molar-refractivity contribution in [2.24, 2.45) is 16.5 Å². The van der Waals surface area contributed by atoms with Gasteiger partial charge in [0.2, 0.25) is 0 Å². The van der Waals surface area contributed by atoms with Gasteiger partial charge in [0.1, 0.15) is 11.5 Å². The summed E-state index contributed by atoms with van der Waals surface area (Å²) >= 11 is 0. The number of carbonyl (C=O) groups is 2. The van der Waals surface area contributed by atoms with E-state index in [1.54, 1.807) is 0 Å². The summed E-state index contributed by atoms with van der Waals surface area (Å²) in [5.41, 5.74) is 5.25. The Morgan fingerprint density at radius 1 is 1.00 bits per heavy atom. The summed E-state index contributed by atoms with van der Waals surface area (Å²) in [6, 6.07) is 4.25. The Morgan fingerprint density at radius 2 is 1.65 bits per heavy atom. The second-order valence-electron chi connectivity index (χ2n) is 7.80. The smallest absolute Gasteiger partial charge is 0.409 e. The van der Waals surface area contributed by atoms with E-state index >= 15 is 0 Å². The van der Waals surface area contributed by atoms with Gasteiger partial charge >= 0.3 is 18.4 Å². The molecule has 0 atom stereocenters. The van der Waals surface area contributed by atoms with Crippen LogP contribution in [0, 0.1) is 5.82 Å². The normalized spacial score (nSPS) is 12.4. The Hall–Kier alpha value is -5.02. The van der Waals surface area contributed by atoms with Gasteiger partial charge < -0.3 is 16.2 Å². The summed E-state index contributed by atoms with van der Waals surface area (Å²) in [6.07, 6.45) is -8.83. The van der Waals surface area contributed by atoms with E-state index in [1.165, 1.54) is 0 Å². The minimum Gasteiger partial charge on any atom is -0.409 e. The van der Waals surface area contributed by atoms with Crippen molar-refractivity contribution in [3.8, 4) is 5.75 Å². The van der Waals surface area contributed by atoms with Crippen molar-refractivity contribution < 1.29 is 45.1 Å². The Morgan fingerprint density at radius 3 is 2.15 bits per heavy atom. The zero-order chi connectivity index (χ0) is 29.8. The van der Waals surface area contributed by atoms with Gasteiger partial charge in [0, 0.05) is 36.3 Å². The zero-order valence-corrected chi connectivity index (χ0v) is 20.1. The van der Waals surface area contributed by atoms with Crippen LogP contribution >= 0.6 is 0 Å². The molecule has 1 aromatic heterocycles. The molecule has 3 rings (SSSR count). The van der Waals surface area contributed by atoms with Crippen molar-refractivity contribution in [3.05, 3.63) is 83.2 Å². The molecule has 0 saturated heterocycles. The second kappa shape index (κ2) is 11.4. The Balaban J connectivity index is 2.15. The summed E-state index contributed by atoms with van der Waals surface area (Å²) in [6.45, 7) is 0. The number of aliphatic imine (C=N–C) groups is 1. The van der Waals surface area contributed by atoms with Crippen LogP contribution < -0.4 is 21.1 Å². The number of hydrogen-bond acceptors (Lipinski definition) is 7. The largest absolute Gasteiger partial charge is 0.420 e. The van der Waals surface area contributed by atoms with E-state index < -0.39 is 58.2 Å². The average Bonchev–Trinajstić information content (AvgIpc) is 2.88. The first-order chi connectivity index (χ1) is 18.6. The molecule has 1 heterocycles. The summed E-state index contributed by atoms with van der Waals surface area (Å²) < 4.78 is 101. The lowest BCUT2D eigenvalue weighted by molar-refractivity contribution is -0.143. The van der Waals surface area contributed by atoms with Crippen molar-refractivity contribution in [1.29, 1.82) is 0 Å². The standard InChI is InChI=1S/C24H17F7N6O3/c1-37(15-4-2-14(25)3-5-15)22(39)40-20-16(6-13(23(26,27)28)7-17(20)24(29,30)31)12(8-32)9-35-19-11-34-18(10-36-19)21(33)38/h2-11H,32H2,1H3,(H2,33,38). The van der Waals surface area contributed by atoms with Gasteiger partial charge in [0.05, 0.1) is 23.5 Å². The van der Waals surface area contributed by atoms with Crippen LogP contribution in [0.1, 0.15) is 27.2 Å². The van der Waals surface area contributed by atoms with Crippen LogP contribution in [0.15, 0.2) is 60.0 Å². The molecular weight excluding hydrogens is 553 g/mol. The molecule has 16 heteroatoms. The summed E-state index contributed by atoms with van der Waals surface area (Å²) in [7, 11) is 1.09. The van der Waals surface area contributed by atoms with Crippen molar-refractivity contribution in [2.45, 2.75) is 12.4 Å². The third kappa shape index (κ3) is 6.89. The van der Waals surface area contributed by atoms with E-state index in [-0.39, 0.29) is 23.3 Å². The highest BCUT2D eigenvalue weighted by Crippen LogP contribution is 2.44. The van der Waals surface area contributed by atoms with Gasteiger partial charge in [0.25, 0.3) is 5.91 Å². The molecule has 2 amide bonds. The maximum absolute atomic E-state index is 14.0. The maximum atomic E-state index is 14.0. The molecule has 4 N–H and O–H groups in total. The van der Waals surface area contributed by atoms with Crippen LogP contribution in [-0.2, 0) is 12.4 Å². The predicted octanol–water partition coefficient (Wildman–Crippen LogP) is 5.09. The zero-order valence-electron chi connectivity index (χ0n) is 20.1. The number of allylic oxidation sites excluding steroid dienone is 1. The molecule has 40 heavy (non-hydrogen) atoms. The number of rotatable bonds is 6. The fourth-order valence-corrected chi connectivity index (χ4v) is 3.11. The monoisotopic (exact) mass is 570 g/mol. The molecule has 0 saturated carbocycles. The highest BCUT2D eigenvalue weighted by Gasteiger charge is 2.41. The lowest BCUT2D eigenvalue weighted by Gasteiger charge is -2.22. The van der Waals surface area contributed by atoms with E-state index in [4.69, 9.17) is 16.2 Å². The molecule has 3 aromatic rings. The molecule has 9 nitrogen and oxygen atoms in total. The molecule has 0 spiro atoms. The number of anilines is 1. The third-order valence-corrected chi connectivity index (χ3v) is 5.12. The first-order valence-corrected chi connectivity index (χ1v) is 10.7. The second-order valence-corrected chi connectivity index (χ2v) is 7.80. The maximum Gasteiger partial charge on any atom is 0.420 e. The number of hydrogen-bond donors (Lipinski definition) is 2. The van der Waals surface area contributed by atoms with Gasteiger partial charge in [-0.05, 0) is 36.4 Å². The lowest BCUT2D eigenvalue weighted by atomic mass is 9.98. The summed E-state index contributed by atoms with van der Waals surface area (Å²) in [4.78, 5) is 35.8. The third-order valence-electron chi connectivity index (χ3n) is 5.12. The lowest BCUT2D eigenvalue weighted by Crippen LogP contribution is -2.30. The summed E-state index contributed by atoms with van der Waals surface area (Å²) in [5.74, 6) is -3.10. The van der Waals surface area contributed by atoms with Crippen molar-refractivity contribution >= 4 is 35.3 Å². The molecule has 0 unspecified atom stereocenters. The van der Waals surface area contributed by atoms with Gasteiger partial charge in [-0.15, -0.1) is 0 Å². The molecule has 0 aliphatic carbocycles. The van der Waals surface area contributed by atoms with Gasteiger partial charge in [-0.2, -0.15) is 26.3 Å². The number of nitrogens with zero attached hydrogens (tertiary/aromatic N) is 4. The average molecular weight is 570 g/mol. The number of alkyl halides is 6. The van der Waals surface area contributed by atoms with Crippen molar-refractivity contribution in [1.82, 2.24) is 9.97 Å². The molecule has 2 aromatic carbocycles. The first kappa shape index (κ1) is 29.5. The molecule has 0 bridgehead atoms. The van der Waals surface area contributed by atoms with E-state index in [0.717, 1.165) is 49.9 Å². The fraction of sp³-hybridized carbons (Fsp3) is 0.125. The van der Waals surface area contributed by atoms with Crippen LogP contribution in [0.3, 0.4) is 0 Å². The number of amides is 2. The molecular formula is C24H17F7N6O3. The van der Waals surface area contributed by atoms with Crippen LogP contribution in [0.4, 0.5) is 47.0 Å². The predicted molar refractivity (Wildman–Crippen MR) is 128 cm³/mol. The van der Waals surface area contributed by atoms with E-state index in [1.807, 2.05) is 0 Å². The number of carbonyl (C=O) groups excluding carboxylic acids is 2. The van der Waals surface area contributed by atoms with E-state index in [2.05, 4.69) is 15.0 Å². The number of benzene rings is 2. The number of ether oxygens (including phenoxy) is 1. The highest BCUT2D eigenvalue weighted by atomic mass is 19.4. The molecule has 210 valence electrons. The van der Waals surface area contributed by atoms with Gasteiger partial charge in [-0.1, -0.05) is 0 Å².